The summed E-state index contributed by atoms with van der Waals surface area (Å²) in [4.78, 5) is 49.4. The Hall–Kier alpha value is -4.44. The molecule has 3 aromatic rings. The molecule has 0 unspecified atom stereocenters. The monoisotopic (exact) mass is 549 g/mol. The number of carbonyl (C=O) groups is 4. The highest BCUT2D eigenvalue weighted by molar-refractivity contribution is 9.10. The van der Waals surface area contributed by atoms with Gasteiger partial charge in [0.1, 0.15) is 24.6 Å². The molecule has 0 saturated carbocycles. The van der Waals surface area contributed by atoms with Gasteiger partial charge in [0.05, 0.1) is 5.56 Å². The summed E-state index contributed by atoms with van der Waals surface area (Å²) in [5.41, 5.74) is 2.03. The van der Waals surface area contributed by atoms with Crippen LogP contribution in [0.5, 0.6) is 5.75 Å². The number of nitrogens with zero attached hydrogens (tertiary/aromatic N) is 1. The third-order valence-electron chi connectivity index (χ3n) is 5.21. The zero-order valence-corrected chi connectivity index (χ0v) is 20.3. The second-order valence-corrected chi connectivity index (χ2v) is 8.68. The molecule has 1 saturated heterocycles. The fourth-order valence-corrected chi connectivity index (χ4v) is 3.65. The number of hydrogen-bond donors (Lipinski definition) is 3. The molecule has 1 aliphatic rings. The molecule has 1 fully saturated rings. The quantitative estimate of drug-likeness (QED) is 0.285. The highest BCUT2D eigenvalue weighted by Crippen LogP contribution is 2.24. The molecule has 3 aromatic carbocycles. The molecule has 1 heterocycles. The summed E-state index contributed by atoms with van der Waals surface area (Å²) in [6, 6.07) is 19.4. The van der Waals surface area contributed by atoms with Crippen molar-refractivity contribution >= 4 is 51.5 Å². The number of rotatable bonds is 8. The van der Waals surface area contributed by atoms with Crippen LogP contribution in [-0.4, -0.2) is 40.4 Å². The second-order valence-electron chi connectivity index (χ2n) is 7.76. The van der Waals surface area contributed by atoms with Gasteiger partial charge in [0, 0.05) is 15.7 Å². The minimum Gasteiger partial charge on any atom is -0.488 e. The van der Waals surface area contributed by atoms with Gasteiger partial charge in [0.25, 0.3) is 5.91 Å². The molecule has 0 aromatic heterocycles. The summed E-state index contributed by atoms with van der Waals surface area (Å²) in [6.45, 7) is -0.273. The van der Waals surface area contributed by atoms with Crippen LogP contribution >= 0.6 is 15.9 Å². The SMILES string of the molecule is O=C(CN1C(=O)N/C(=C\c2ccccc2OCc2ccc(C(=O)O)cc2)C1=O)Nc1ccc(Br)cc1. The van der Waals surface area contributed by atoms with Crippen molar-refractivity contribution in [2.24, 2.45) is 0 Å². The number of nitrogens with one attached hydrogen (secondary N) is 2. The molecule has 182 valence electrons. The van der Waals surface area contributed by atoms with Gasteiger partial charge in [0.2, 0.25) is 5.91 Å². The molecule has 4 amide bonds. The van der Waals surface area contributed by atoms with Crippen LogP contribution in [0.15, 0.2) is 83.0 Å². The number of ether oxygens (including phenoxy) is 1. The zero-order valence-electron chi connectivity index (χ0n) is 18.7. The van der Waals surface area contributed by atoms with Crippen LogP contribution < -0.4 is 15.4 Å². The number of carboxylic acids is 1. The lowest BCUT2D eigenvalue weighted by Crippen LogP contribution is -2.38. The lowest BCUT2D eigenvalue weighted by Gasteiger charge is -2.12. The molecule has 0 bridgehead atoms. The molecule has 10 heteroatoms. The fourth-order valence-electron chi connectivity index (χ4n) is 3.38. The Morgan fingerprint density at radius 2 is 1.69 bits per heavy atom. The Morgan fingerprint density at radius 3 is 2.39 bits per heavy atom. The van der Waals surface area contributed by atoms with E-state index in [9.17, 15) is 19.2 Å². The number of hydrogen-bond acceptors (Lipinski definition) is 5. The van der Waals surface area contributed by atoms with Crippen molar-refractivity contribution in [3.05, 3.63) is 99.7 Å². The van der Waals surface area contributed by atoms with Crippen LogP contribution in [0.2, 0.25) is 0 Å². The number of aromatic carboxylic acids is 1. The normalized spacial score (nSPS) is 14.0. The molecule has 1 aliphatic heterocycles. The first-order valence-electron chi connectivity index (χ1n) is 10.7. The molecule has 0 aliphatic carbocycles. The lowest BCUT2D eigenvalue weighted by molar-refractivity contribution is -0.127. The van der Waals surface area contributed by atoms with Crippen molar-refractivity contribution in [1.82, 2.24) is 10.2 Å². The third-order valence-corrected chi connectivity index (χ3v) is 5.73. The molecule has 0 spiro atoms. The summed E-state index contributed by atoms with van der Waals surface area (Å²) >= 11 is 3.31. The van der Waals surface area contributed by atoms with E-state index >= 15 is 0 Å². The standard InChI is InChI=1S/C26H20BrN3O6/c27-19-9-11-20(12-10-19)28-23(31)14-30-24(32)21(29-26(30)35)13-18-3-1-2-4-22(18)36-15-16-5-7-17(8-6-16)25(33)34/h1-13H,14-15H2,(H,28,31)(H,29,35)(H,33,34)/b21-13-. The summed E-state index contributed by atoms with van der Waals surface area (Å²) in [7, 11) is 0. The molecule has 0 atom stereocenters. The average molecular weight is 550 g/mol. The first-order chi connectivity index (χ1) is 17.3. The van der Waals surface area contributed by atoms with Crippen LogP contribution in [0, 0.1) is 0 Å². The van der Waals surface area contributed by atoms with Crippen molar-refractivity contribution < 1.29 is 29.0 Å². The summed E-state index contributed by atoms with van der Waals surface area (Å²) in [5, 5.41) is 14.2. The van der Waals surface area contributed by atoms with Gasteiger partial charge < -0.3 is 20.5 Å². The van der Waals surface area contributed by atoms with Crippen LogP contribution in [0.25, 0.3) is 6.08 Å². The van der Waals surface area contributed by atoms with Gasteiger partial charge in [-0.05, 0) is 54.1 Å². The van der Waals surface area contributed by atoms with Crippen LogP contribution in [0.4, 0.5) is 10.5 Å². The number of amides is 4. The van der Waals surface area contributed by atoms with E-state index in [4.69, 9.17) is 9.84 Å². The average Bonchev–Trinajstić information content (AvgIpc) is 3.12. The Kier molecular flexibility index (Phi) is 7.45. The summed E-state index contributed by atoms with van der Waals surface area (Å²) in [5.74, 6) is -1.70. The zero-order chi connectivity index (χ0) is 25.7. The van der Waals surface area contributed by atoms with Crippen molar-refractivity contribution in [1.29, 1.82) is 0 Å². The van der Waals surface area contributed by atoms with Gasteiger partial charge in [-0.3, -0.25) is 9.59 Å². The second kappa shape index (κ2) is 10.9. The maximum Gasteiger partial charge on any atom is 0.335 e. The highest BCUT2D eigenvalue weighted by Gasteiger charge is 2.35. The Labute approximate surface area is 214 Å². The van der Waals surface area contributed by atoms with Gasteiger partial charge in [0.15, 0.2) is 0 Å². The van der Waals surface area contributed by atoms with Crippen LogP contribution in [0.3, 0.4) is 0 Å². The number of carboxylic acid groups (broad SMARTS) is 1. The Morgan fingerprint density at radius 1 is 1.00 bits per heavy atom. The van der Waals surface area contributed by atoms with Gasteiger partial charge >= 0.3 is 12.0 Å². The van der Waals surface area contributed by atoms with E-state index in [1.54, 1.807) is 60.7 Å². The smallest absolute Gasteiger partial charge is 0.335 e. The molecule has 0 radical (unpaired) electrons. The van der Waals surface area contributed by atoms with Gasteiger partial charge in [-0.1, -0.05) is 46.3 Å². The molecule has 3 N–H and O–H groups in total. The largest absolute Gasteiger partial charge is 0.488 e. The number of imide groups is 1. The first kappa shape index (κ1) is 24.7. The van der Waals surface area contributed by atoms with E-state index in [1.807, 2.05) is 0 Å². The van der Waals surface area contributed by atoms with E-state index in [2.05, 4.69) is 26.6 Å². The minimum absolute atomic E-state index is 0.0123. The fraction of sp³-hybridized carbons (Fsp3) is 0.0769. The number of benzene rings is 3. The highest BCUT2D eigenvalue weighted by atomic mass is 79.9. The lowest BCUT2D eigenvalue weighted by atomic mass is 10.1. The van der Waals surface area contributed by atoms with Gasteiger partial charge in [-0.25, -0.2) is 14.5 Å². The van der Waals surface area contributed by atoms with Gasteiger partial charge in [-0.2, -0.15) is 0 Å². The van der Waals surface area contributed by atoms with Crippen molar-refractivity contribution in [2.75, 3.05) is 11.9 Å². The Balaban J connectivity index is 1.43. The molecule has 4 rings (SSSR count). The van der Waals surface area contributed by atoms with Crippen molar-refractivity contribution in [2.45, 2.75) is 6.61 Å². The number of urea groups is 1. The number of halogens is 1. The summed E-state index contributed by atoms with van der Waals surface area (Å²) in [6.07, 6.45) is 1.48. The minimum atomic E-state index is -1.01. The molecule has 36 heavy (non-hydrogen) atoms. The predicted molar refractivity (Wildman–Crippen MR) is 135 cm³/mol. The number of carbonyl (C=O) groups excluding carboxylic acids is 3. The van der Waals surface area contributed by atoms with Crippen LogP contribution in [-0.2, 0) is 16.2 Å². The van der Waals surface area contributed by atoms with Crippen molar-refractivity contribution in [3.63, 3.8) is 0 Å². The number of anilines is 1. The Bertz CT molecular complexity index is 1350. The number of para-hydroxylation sites is 1. The molecular weight excluding hydrogens is 530 g/mol. The maximum absolute atomic E-state index is 12.8. The van der Waals surface area contributed by atoms with Gasteiger partial charge in [-0.15, -0.1) is 0 Å². The van der Waals surface area contributed by atoms with Crippen LogP contribution in [0.1, 0.15) is 21.5 Å². The van der Waals surface area contributed by atoms with Crippen molar-refractivity contribution in [3.8, 4) is 5.75 Å². The first-order valence-corrected chi connectivity index (χ1v) is 11.5. The van der Waals surface area contributed by atoms with E-state index < -0.39 is 30.4 Å². The molecular formula is C26H20BrN3O6. The van der Waals surface area contributed by atoms with E-state index in [0.717, 1.165) is 14.9 Å². The molecule has 9 nitrogen and oxygen atoms in total. The van der Waals surface area contributed by atoms with E-state index in [0.29, 0.717) is 17.0 Å². The van der Waals surface area contributed by atoms with E-state index in [1.165, 1.54) is 18.2 Å². The predicted octanol–water partition coefficient (Wildman–Crippen LogP) is 4.26. The third kappa shape index (κ3) is 5.97. The topological polar surface area (TPSA) is 125 Å². The summed E-state index contributed by atoms with van der Waals surface area (Å²) < 4.78 is 6.72. The maximum atomic E-state index is 12.8. The van der Waals surface area contributed by atoms with E-state index in [-0.39, 0.29) is 17.9 Å².